The minimum Gasteiger partial charge on any atom is -0.459 e. The van der Waals surface area contributed by atoms with E-state index in [4.69, 9.17) is 4.74 Å². The number of carbonyl (C=O) groups excluding carboxylic acids is 2. The van der Waals surface area contributed by atoms with Crippen molar-refractivity contribution in [1.82, 2.24) is 0 Å². The van der Waals surface area contributed by atoms with Crippen LogP contribution in [0.4, 0.5) is 0 Å². The summed E-state index contributed by atoms with van der Waals surface area (Å²) in [7, 11) is 0. The van der Waals surface area contributed by atoms with Crippen molar-refractivity contribution in [3.63, 3.8) is 0 Å². The normalized spacial score (nSPS) is 12.0. The Bertz CT molecular complexity index is 512. The SMILES string of the molecule is CC(C(=O)C#Cc1ccccc1)C(=O)OC(C)(C)C. The summed E-state index contributed by atoms with van der Waals surface area (Å²) in [5.74, 6) is 3.37. The van der Waals surface area contributed by atoms with Crippen LogP contribution in [-0.2, 0) is 14.3 Å². The van der Waals surface area contributed by atoms with E-state index in [2.05, 4.69) is 11.8 Å². The Labute approximate surface area is 114 Å². The highest BCUT2D eigenvalue weighted by molar-refractivity contribution is 6.08. The smallest absolute Gasteiger partial charge is 0.317 e. The third-order valence-corrected chi connectivity index (χ3v) is 2.26. The predicted octanol–water partition coefficient (Wildman–Crippen LogP) is 2.59. The molecule has 0 heterocycles. The number of ketones is 1. The number of benzene rings is 1. The van der Waals surface area contributed by atoms with Gasteiger partial charge >= 0.3 is 5.97 Å². The molecular weight excluding hydrogens is 240 g/mol. The molecule has 0 amide bonds. The van der Waals surface area contributed by atoms with Crippen molar-refractivity contribution >= 4 is 11.8 Å². The maximum Gasteiger partial charge on any atom is 0.317 e. The molecule has 0 N–H and O–H groups in total. The molecule has 0 spiro atoms. The van der Waals surface area contributed by atoms with E-state index >= 15 is 0 Å². The van der Waals surface area contributed by atoms with Gasteiger partial charge in [-0.15, -0.1) is 0 Å². The summed E-state index contributed by atoms with van der Waals surface area (Å²) in [6.45, 7) is 6.79. The van der Waals surface area contributed by atoms with Crippen LogP contribution in [0.1, 0.15) is 33.3 Å². The molecule has 1 atom stereocenters. The number of rotatable bonds is 2. The van der Waals surface area contributed by atoms with E-state index in [1.807, 2.05) is 18.2 Å². The summed E-state index contributed by atoms with van der Waals surface area (Å²) in [5, 5.41) is 0. The van der Waals surface area contributed by atoms with Gasteiger partial charge in [0, 0.05) is 5.56 Å². The Kier molecular flexibility index (Phi) is 4.88. The first-order valence-corrected chi connectivity index (χ1v) is 6.13. The van der Waals surface area contributed by atoms with Gasteiger partial charge < -0.3 is 4.74 Å². The lowest BCUT2D eigenvalue weighted by atomic mass is 10.1. The Balaban J connectivity index is 2.69. The summed E-state index contributed by atoms with van der Waals surface area (Å²) in [4.78, 5) is 23.5. The minimum absolute atomic E-state index is 0.432. The van der Waals surface area contributed by atoms with Crippen molar-refractivity contribution in [2.45, 2.75) is 33.3 Å². The molecule has 0 aliphatic rings. The van der Waals surface area contributed by atoms with Crippen molar-refractivity contribution in [1.29, 1.82) is 0 Å². The molecule has 1 aromatic rings. The summed E-state index contributed by atoms with van der Waals surface area (Å²) >= 11 is 0. The van der Waals surface area contributed by atoms with Crippen LogP contribution in [0.15, 0.2) is 30.3 Å². The largest absolute Gasteiger partial charge is 0.459 e. The lowest BCUT2D eigenvalue weighted by Crippen LogP contribution is -2.30. The first kappa shape index (κ1) is 15.0. The molecule has 0 saturated carbocycles. The van der Waals surface area contributed by atoms with Gasteiger partial charge in [-0.3, -0.25) is 9.59 Å². The molecule has 1 rings (SSSR count). The van der Waals surface area contributed by atoms with Crippen LogP contribution in [0.3, 0.4) is 0 Å². The predicted molar refractivity (Wildman–Crippen MR) is 73.3 cm³/mol. The summed E-state index contributed by atoms with van der Waals surface area (Å²) in [5.41, 5.74) is 0.144. The number of hydrogen-bond acceptors (Lipinski definition) is 3. The number of ether oxygens (including phenoxy) is 1. The Morgan fingerprint density at radius 2 is 1.74 bits per heavy atom. The second kappa shape index (κ2) is 6.19. The van der Waals surface area contributed by atoms with Crippen LogP contribution in [-0.4, -0.2) is 17.4 Å². The van der Waals surface area contributed by atoms with Crippen LogP contribution in [0.2, 0.25) is 0 Å². The average Bonchev–Trinajstić information content (AvgIpc) is 2.34. The van der Waals surface area contributed by atoms with Gasteiger partial charge in [0.1, 0.15) is 11.5 Å². The molecule has 0 saturated heterocycles. The number of carbonyl (C=O) groups is 2. The van der Waals surface area contributed by atoms with Gasteiger partial charge in [0.25, 0.3) is 0 Å². The lowest BCUT2D eigenvalue weighted by Gasteiger charge is -2.20. The minimum atomic E-state index is -0.865. The first-order valence-electron chi connectivity index (χ1n) is 6.13. The van der Waals surface area contributed by atoms with E-state index in [9.17, 15) is 9.59 Å². The van der Waals surface area contributed by atoms with Crippen molar-refractivity contribution < 1.29 is 14.3 Å². The molecule has 0 bridgehead atoms. The van der Waals surface area contributed by atoms with Gasteiger partial charge in [-0.2, -0.15) is 0 Å². The maximum atomic E-state index is 11.8. The molecule has 0 aliphatic heterocycles. The quantitative estimate of drug-likeness (QED) is 0.465. The van der Waals surface area contributed by atoms with Crippen LogP contribution in [0.5, 0.6) is 0 Å². The lowest BCUT2D eigenvalue weighted by molar-refractivity contribution is -0.160. The van der Waals surface area contributed by atoms with Gasteiger partial charge in [0.2, 0.25) is 5.78 Å². The monoisotopic (exact) mass is 258 g/mol. The van der Waals surface area contributed by atoms with Crippen LogP contribution in [0.25, 0.3) is 0 Å². The van der Waals surface area contributed by atoms with E-state index in [1.54, 1.807) is 32.9 Å². The highest BCUT2D eigenvalue weighted by Crippen LogP contribution is 2.11. The van der Waals surface area contributed by atoms with Crippen molar-refractivity contribution in [3.8, 4) is 11.8 Å². The van der Waals surface area contributed by atoms with E-state index < -0.39 is 23.3 Å². The molecule has 1 aromatic carbocycles. The molecule has 0 radical (unpaired) electrons. The van der Waals surface area contributed by atoms with Crippen LogP contribution < -0.4 is 0 Å². The number of Topliss-reactive ketones (excluding diaryl/α,β-unsaturated/α-hetero) is 1. The van der Waals surface area contributed by atoms with Gasteiger partial charge in [0.15, 0.2) is 0 Å². The molecule has 0 aromatic heterocycles. The fourth-order valence-electron chi connectivity index (χ4n) is 1.26. The van der Waals surface area contributed by atoms with Gasteiger partial charge in [-0.05, 0) is 45.7 Å². The first-order chi connectivity index (χ1) is 8.79. The molecule has 1 unspecified atom stereocenters. The summed E-state index contributed by atoms with van der Waals surface area (Å²) in [6, 6.07) is 9.16. The molecule has 0 aliphatic carbocycles. The second-order valence-electron chi connectivity index (χ2n) is 5.24. The van der Waals surface area contributed by atoms with Gasteiger partial charge in [-0.25, -0.2) is 0 Å². The Morgan fingerprint density at radius 1 is 1.16 bits per heavy atom. The molecule has 19 heavy (non-hydrogen) atoms. The van der Waals surface area contributed by atoms with Crippen molar-refractivity contribution in [3.05, 3.63) is 35.9 Å². The Morgan fingerprint density at radius 3 is 2.26 bits per heavy atom. The zero-order chi connectivity index (χ0) is 14.5. The van der Waals surface area contributed by atoms with E-state index in [-0.39, 0.29) is 0 Å². The highest BCUT2D eigenvalue weighted by atomic mass is 16.6. The molecule has 0 fully saturated rings. The van der Waals surface area contributed by atoms with Crippen molar-refractivity contribution in [2.75, 3.05) is 0 Å². The molecule has 3 heteroatoms. The van der Waals surface area contributed by atoms with Crippen LogP contribution >= 0.6 is 0 Å². The van der Waals surface area contributed by atoms with E-state index in [0.29, 0.717) is 0 Å². The van der Waals surface area contributed by atoms with Crippen LogP contribution in [0, 0.1) is 17.8 Å². The third-order valence-electron chi connectivity index (χ3n) is 2.26. The summed E-state index contributed by atoms with van der Waals surface area (Å²) in [6.07, 6.45) is 0. The average molecular weight is 258 g/mol. The maximum absolute atomic E-state index is 11.8. The second-order valence-corrected chi connectivity index (χ2v) is 5.24. The fourth-order valence-corrected chi connectivity index (χ4v) is 1.26. The topological polar surface area (TPSA) is 43.4 Å². The number of esters is 1. The van der Waals surface area contributed by atoms with Gasteiger partial charge in [0.05, 0.1) is 0 Å². The third kappa shape index (κ3) is 5.39. The summed E-state index contributed by atoms with van der Waals surface area (Å²) < 4.78 is 5.15. The highest BCUT2D eigenvalue weighted by Gasteiger charge is 2.25. The fraction of sp³-hybridized carbons (Fsp3) is 0.375. The molecular formula is C16H18O3. The van der Waals surface area contributed by atoms with Gasteiger partial charge in [-0.1, -0.05) is 24.1 Å². The Hall–Kier alpha value is -2.08. The standard InChI is InChI=1S/C16H18O3/c1-12(15(18)19-16(2,3)4)14(17)11-10-13-8-6-5-7-9-13/h5-9,12H,1-4H3. The van der Waals surface area contributed by atoms with E-state index in [1.165, 1.54) is 6.92 Å². The van der Waals surface area contributed by atoms with Crippen molar-refractivity contribution in [2.24, 2.45) is 5.92 Å². The zero-order valence-corrected chi connectivity index (χ0v) is 11.7. The number of hydrogen-bond donors (Lipinski definition) is 0. The molecule has 3 nitrogen and oxygen atoms in total. The molecule has 100 valence electrons. The van der Waals surface area contributed by atoms with E-state index in [0.717, 1.165) is 5.56 Å². The zero-order valence-electron chi connectivity index (χ0n) is 11.7.